The van der Waals surface area contributed by atoms with Gasteiger partial charge >= 0.3 is 0 Å². The lowest BCUT2D eigenvalue weighted by atomic mass is 9.98. The van der Waals surface area contributed by atoms with Crippen LogP contribution in [-0.4, -0.2) is 55.7 Å². The molecule has 0 bridgehead atoms. The quantitative estimate of drug-likeness (QED) is 0.719. The summed E-state index contributed by atoms with van der Waals surface area (Å²) in [5, 5.41) is 2.64. The van der Waals surface area contributed by atoms with Gasteiger partial charge in [-0.2, -0.15) is 4.31 Å². The van der Waals surface area contributed by atoms with Crippen molar-refractivity contribution in [2.45, 2.75) is 31.2 Å². The van der Waals surface area contributed by atoms with Crippen molar-refractivity contribution in [2.75, 3.05) is 31.6 Å². The molecule has 0 radical (unpaired) electrons. The van der Waals surface area contributed by atoms with E-state index in [1.165, 1.54) is 16.4 Å². The highest BCUT2D eigenvalue weighted by Gasteiger charge is 2.35. The molecular formula is C23H27N3O5S. The number of nitrogens with zero attached hydrogens (tertiary/aromatic N) is 2. The summed E-state index contributed by atoms with van der Waals surface area (Å²) in [4.78, 5) is 26.7. The Kier molecular flexibility index (Phi) is 6.48. The zero-order valence-corrected chi connectivity index (χ0v) is 18.8. The third-order valence-electron chi connectivity index (χ3n) is 5.86. The number of carbonyl (C=O) groups excluding carboxylic acids is 2. The van der Waals surface area contributed by atoms with Crippen molar-refractivity contribution in [2.24, 2.45) is 5.92 Å². The van der Waals surface area contributed by atoms with Crippen molar-refractivity contribution in [3.05, 3.63) is 54.1 Å². The van der Waals surface area contributed by atoms with Crippen molar-refractivity contribution >= 4 is 27.5 Å². The summed E-state index contributed by atoms with van der Waals surface area (Å²) in [6, 6.07) is 14.2. The molecule has 1 N–H and O–H groups in total. The second kappa shape index (κ2) is 9.30. The maximum atomic E-state index is 13.3. The van der Waals surface area contributed by atoms with Crippen LogP contribution < -0.4 is 10.1 Å². The second-order valence-electron chi connectivity index (χ2n) is 8.04. The minimum absolute atomic E-state index is 0.0256. The summed E-state index contributed by atoms with van der Waals surface area (Å²) in [6.07, 6.45) is 1.27. The van der Waals surface area contributed by atoms with E-state index in [9.17, 15) is 18.0 Å². The fraction of sp³-hybridized carbons (Fsp3) is 0.391. The van der Waals surface area contributed by atoms with Crippen LogP contribution in [0.2, 0.25) is 0 Å². The number of sulfonamides is 1. The predicted molar refractivity (Wildman–Crippen MR) is 120 cm³/mol. The predicted octanol–water partition coefficient (Wildman–Crippen LogP) is 2.47. The molecule has 9 heteroatoms. The molecule has 170 valence electrons. The molecule has 2 aromatic carbocycles. The Bertz CT molecular complexity index is 1100. The molecule has 2 heterocycles. The second-order valence-corrected chi connectivity index (χ2v) is 9.97. The lowest BCUT2D eigenvalue weighted by Crippen LogP contribution is -2.46. The van der Waals surface area contributed by atoms with Gasteiger partial charge in [0.25, 0.3) is 5.91 Å². The van der Waals surface area contributed by atoms with Crippen LogP contribution in [0, 0.1) is 5.92 Å². The van der Waals surface area contributed by atoms with E-state index < -0.39 is 10.0 Å². The van der Waals surface area contributed by atoms with E-state index in [1.54, 1.807) is 11.0 Å². The summed E-state index contributed by atoms with van der Waals surface area (Å²) in [5.74, 6) is -0.297. The maximum Gasteiger partial charge on any atom is 0.262 e. The van der Waals surface area contributed by atoms with Crippen molar-refractivity contribution in [1.29, 1.82) is 0 Å². The summed E-state index contributed by atoms with van der Waals surface area (Å²) >= 11 is 0. The molecule has 8 nitrogen and oxygen atoms in total. The van der Waals surface area contributed by atoms with Gasteiger partial charge in [-0.25, -0.2) is 8.42 Å². The largest absolute Gasteiger partial charge is 0.482 e. The minimum Gasteiger partial charge on any atom is -0.482 e. The molecule has 2 aromatic rings. The number of hydrogen-bond acceptors (Lipinski definition) is 5. The molecule has 0 aromatic heterocycles. The average Bonchev–Trinajstić information content (AvgIpc) is 2.82. The Hall–Kier alpha value is -2.91. The standard InChI is InChI=1S/C23H27N3O5S/c1-2-25(14-17-7-4-3-5-8-17)23(28)18-9-6-12-26(15-18)32(29,30)19-10-11-21-20(13-19)24-22(27)16-31-21/h3-5,7-8,10-11,13,18H,2,6,9,12,14-16H2,1H3,(H,24,27). The molecule has 1 atom stereocenters. The van der Waals surface area contributed by atoms with Crippen LogP contribution in [0.25, 0.3) is 0 Å². The van der Waals surface area contributed by atoms with Gasteiger partial charge in [-0.05, 0) is 43.5 Å². The minimum atomic E-state index is -3.81. The molecule has 1 saturated heterocycles. The Morgan fingerprint density at radius 1 is 1.22 bits per heavy atom. The lowest BCUT2D eigenvalue weighted by molar-refractivity contribution is -0.137. The van der Waals surface area contributed by atoms with E-state index in [2.05, 4.69) is 5.32 Å². The molecule has 4 rings (SSSR count). The fourth-order valence-corrected chi connectivity index (χ4v) is 5.69. The lowest BCUT2D eigenvalue weighted by Gasteiger charge is -2.34. The fourth-order valence-electron chi connectivity index (χ4n) is 4.14. The van der Waals surface area contributed by atoms with Gasteiger partial charge in [-0.15, -0.1) is 0 Å². The number of nitrogens with one attached hydrogen (secondary N) is 1. The van der Waals surface area contributed by atoms with E-state index in [0.29, 0.717) is 43.9 Å². The number of anilines is 1. The van der Waals surface area contributed by atoms with Gasteiger partial charge in [0.15, 0.2) is 6.61 Å². The molecule has 0 saturated carbocycles. The SMILES string of the molecule is CCN(Cc1ccccc1)C(=O)C1CCCN(S(=O)(=O)c2ccc3c(c2)NC(=O)CO3)C1. The van der Waals surface area contributed by atoms with Crippen LogP contribution in [0.1, 0.15) is 25.3 Å². The van der Waals surface area contributed by atoms with Crippen molar-refractivity contribution in [3.8, 4) is 5.75 Å². The maximum absolute atomic E-state index is 13.3. The molecule has 2 amide bonds. The summed E-state index contributed by atoms with van der Waals surface area (Å²) in [6.45, 7) is 3.41. The van der Waals surface area contributed by atoms with Crippen molar-refractivity contribution < 1.29 is 22.7 Å². The molecule has 2 aliphatic rings. The molecule has 1 unspecified atom stereocenters. The molecule has 32 heavy (non-hydrogen) atoms. The van der Waals surface area contributed by atoms with Crippen LogP contribution in [0.4, 0.5) is 5.69 Å². The van der Waals surface area contributed by atoms with Crippen molar-refractivity contribution in [1.82, 2.24) is 9.21 Å². The zero-order valence-electron chi connectivity index (χ0n) is 18.0. The van der Waals surface area contributed by atoms with Crippen LogP contribution in [-0.2, 0) is 26.2 Å². The number of amides is 2. The van der Waals surface area contributed by atoms with E-state index in [0.717, 1.165) is 5.56 Å². The van der Waals surface area contributed by atoms with Crippen LogP contribution in [0.3, 0.4) is 0 Å². The number of piperidine rings is 1. The highest BCUT2D eigenvalue weighted by Crippen LogP contribution is 2.32. The first kappa shape index (κ1) is 22.3. The smallest absolute Gasteiger partial charge is 0.262 e. The normalized spacial score (nSPS) is 18.9. The number of rotatable bonds is 6. The van der Waals surface area contributed by atoms with Gasteiger partial charge in [-0.3, -0.25) is 9.59 Å². The number of hydrogen-bond donors (Lipinski definition) is 1. The third kappa shape index (κ3) is 4.63. The highest BCUT2D eigenvalue weighted by molar-refractivity contribution is 7.89. The Balaban J connectivity index is 1.50. The molecule has 1 fully saturated rings. The van der Waals surface area contributed by atoms with Crippen LogP contribution in [0.15, 0.2) is 53.4 Å². The molecule has 0 aliphatic carbocycles. The van der Waals surface area contributed by atoms with Gasteiger partial charge in [0.2, 0.25) is 15.9 Å². The van der Waals surface area contributed by atoms with Crippen LogP contribution >= 0.6 is 0 Å². The van der Waals surface area contributed by atoms with Crippen molar-refractivity contribution in [3.63, 3.8) is 0 Å². The third-order valence-corrected chi connectivity index (χ3v) is 7.73. The number of ether oxygens (including phenoxy) is 1. The zero-order chi connectivity index (χ0) is 22.7. The Morgan fingerprint density at radius 2 is 2.00 bits per heavy atom. The Morgan fingerprint density at radius 3 is 2.75 bits per heavy atom. The van der Waals surface area contributed by atoms with Gasteiger partial charge in [0.1, 0.15) is 5.75 Å². The highest BCUT2D eigenvalue weighted by atomic mass is 32.2. The van der Waals surface area contributed by atoms with Gasteiger partial charge < -0.3 is 15.0 Å². The van der Waals surface area contributed by atoms with E-state index in [1.807, 2.05) is 37.3 Å². The summed E-state index contributed by atoms with van der Waals surface area (Å²) < 4.78 is 33.3. The number of carbonyl (C=O) groups is 2. The molecule has 0 spiro atoms. The Labute approximate surface area is 188 Å². The average molecular weight is 458 g/mol. The monoisotopic (exact) mass is 457 g/mol. The van der Waals surface area contributed by atoms with Gasteiger partial charge in [0.05, 0.1) is 16.5 Å². The van der Waals surface area contributed by atoms with Crippen LogP contribution in [0.5, 0.6) is 5.75 Å². The van der Waals surface area contributed by atoms with E-state index in [-0.39, 0.29) is 35.8 Å². The number of benzene rings is 2. The summed E-state index contributed by atoms with van der Waals surface area (Å²) in [5.41, 5.74) is 1.38. The first-order chi connectivity index (χ1) is 15.4. The van der Waals surface area contributed by atoms with E-state index in [4.69, 9.17) is 4.74 Å². The molecular weight excluding hydrogens is 430 g/mol. The molecule has 2 aliphatic heterocycles. The summed E-state index contributed by atoms with van der Waals surface area (Å²) in [7, 11) is -3.81. The van der Waals surface area contributed by atoms with E-state index >= 15 is 0 Å². The van der Waals surface area contributed by atoms with Gasteiger partial charge in [0, 0.05) is 26.2 Å². The number of fused-ring (bicyclic) bond motifs is 1. The first-order valence-corrected chi connectivity index (χ1v) is 12.2. The first-order valence-electron chi connectivity index (χ1n) is 10.8. The van der Waals surface area contributed by atoms with Gasteiger partial charge in [-0.1, -0.05) is 30.3 Å². The topological polar surface area (TPSA) is 96.0 Å².